The SMILES string of the molecule is Cc1ccc(NC(=S)N(CCCN2CCCCCC2)Cc2ccco2)cc1C. The topological polar surface area (TPSA) is 31.6 Å². The first-order chi connectivity index (χ1) is 13.6. The van der Waals surface area contributed by atoms with Crippen molar-refractivity contribution in [1.82, 2.24) is 9.80 Å². The van der Waals surface area contributed by atoms with E-state index in [1.165, 1.54) is 49.9 Å². The molecule has 0 spiro atoms. The van der Waals surface area contributed by atoms with Gasteiger partial charge in [-0.2, -0.15) is 0 Å². The third-order valence-electron chi connectivity index (χ3n) is 5.57. The quantitative estimate of drug-likeness (QED) is 0.633. The Kier molecular flexibility index (Phi) is 7.92. The molecular formula is C23H33N3OS. The van der Waals surface area contributed by atoms with Gasteiger partial charge >= 0.3 is 0 Å². The Hall–Kier alpha value is -1.85. The molecule has 0 unspecified atom stereocenters. The highest BCUT2D eigenvalue weighted by Gasteiger charge is 2.14. The van der Waals surface area contributed by atoms with E-state index in [2.05, 4.69) is 47.2 Å². The highest BCUT2D eigenvalue weighted by molar-refractivity contribution is 7.80. The molecule has 5 heteroatoms. The summed E-state index contributed by atoms with van der Waals surface area (Å²) < 4.78 is 5.57. The third-order valence-corrected chi connectivity index (χ3v) is 5.93. The second-order valence-electron chi connectivity index (χ2n) is 7.84. The zero-order valence-electron chi connectivity index (χ0n) is 17.2. The van der Waals surface area contributed by atoms with Crippen molar-refractivity contribution in [3.05, 3.63) is 53.5 Å². The number of benzene rings is 1. The molecule has 4 nitrogen and oxygen atoms in total. The standard InChI is InChI=1S/C23H33N3OS/c1-19-10-11-21(17-20(19)2)24-23(28)26(18-22-9-7-16-27-22)15-8-14-25-12-5-3-4-6-13-25/h7,9-11,16-17H,3-6,8,12-15,18H2,1-2H3,(H,24,28). The van der Waals surface area contributed by atoms with Crippen LogP contribution in [-0.4, -0.2) is 41.1 Å². The Bertz CT molecular complexity index is 736. The second kappa shape index (κ2) is 10.6. The van der Waals surface area contributed by atoms with Crippen LogP contribution in [0.1, 0.15) is 49.0 Å². The van der Waals surface area contributed by atoms with Crippen molar-refractivity contribution in [1.29, 1.82) is 0 Å². The highest BCUT2D eigenvalue weighted by Crippen LogP contribution is 2.16. The van der Waals surface area contributed by atoms with Gasteiger partial charge in [0.1, 0.15) is 5.76 Å². The largest absolute Gasteiger partial charge is 0.467 e. The molecule has 2 aromatic rings. The average Bonchev–Trinajstić information content (AvgIpc) is 3.05. The summed E-state index contributed by atoms with van der Waals surface area (Å²) in [6.07, 6.45) is 8.27. The van der Waals surface area contributed by atoms with Gasteiger partial charge in [0.25, 0.3) is 0 Å². The first kappa shape index (κ1) is 20.9. The summed E-state index contributed by atoms with van der Waals surface area (Å²) in [6.45, 7) is 9.50. The van der Waals surface area contributed by atoms with Crippen molar-refractivity contribution in [3.8, 4) is 0 Å². The molecule has 0 aliphatic carbocycles. The lowest BCUT2D eigenvalue weighted by atomic mass is 10.1. The van der Waals surface area contributed by atoms with Crippen molar-refractivity contribution >= 4 is 23.0 Å². The number of nitrogens with zero attached hydrogens (tertiary/aromatic N) is 2. The van der Waals surface area contributed by atoms with Gasteiger partial charge in [-0.3, -0.25) is 0 Å². The summed E-state index contributed by atoms with van der Waals surface area (Å²) in [4.78, 5) is 4.83. The molecule has 1 aliphatic heterocycles. The smallest absolute Gasteiger partial charge is 0.173 e. The minimum Gasteiger partial charge on any atom is -0.467 e. The van der Waals surface area contributed by atoms with E-state index in [0.717, 1.165) is 36.1 Å². The molecular weight excluding hydrogens is 366 g/mol. The number of hydrogen-bond donors (Lipinski definition) is 1. The zero-order chi connectivity index (χ0) is 19.8. The van der Waals surface area contributed by atoms with Crippen LogP contribution in [0.3, 0.4) is 0 Å². The van der Waals surface area contributed by atoms with E-state index in [9.17, 15) is 0 Å². The number of hydrogen-bond acceptors (Lipinski definition) is 3. The van der Waals surface area contributed by atoms with Crippen molar-refractivity contribution in [2.45, 2.75) is 52.5 Å². The molecule has 1 fully saturated rings. The predicted octanol–water partition coefficient (Wildman–Crippen LogP) is 5.36. The number of aryl methyl sites for hydroxylation is 2. The van der Waals surface area contributed by atoms with Crippen LogP contribution in [0, 0.1) is 13.8 Å². The Labute approximate surface area is 174 Å². The zero-order valence-corrected chi connectivity index (χ0v) is 18.1. The van der Waals surface area contributed by atoms with Gasteiger partial charge in [-0.15, -0.1) is 0 Å². The molecule has 28 heavy (non-hydrogen) atoms. The summed E-state index contributed by atoms with van der Waals surface area (Å²) in [5, 5.41) is 4.18. The lowest BCUT2D eigenvalue weighted by Gasteiger charge is -2.27. The third kappa shape index (κ3) is 6.35. The van der Waals surface area contributed by atoms with E-state index in [0.29, 0.717) is 6.54 Å². The molecule has 2 heterocycles. The van der Waals surface area contributed by atoms with Crippen LogP contribution in [0.4, 0.5) is 5.69 Å². The van der Waals surface area contributed by atoms with Crippen LogP contribution in [0.25, 0.3) is 0 Å². The van der Waals surface area contributed by atoms with Crippen LogP contribution in [-0.2, 0) is 6.54 Å². The summed E-state index contributed by atoms with van der Waals surface area (Å²) in [5.74, 6) is 0.944. The van der Waals surface area contributed by atoms with Crippen LogP contribution in [0.5, 0.6) is 0 Å². The first-order valence-corrected chi connectivity index (χ1v) is 10.9. The molecule has 0 amide bonds. The molecule has 0 atom stereocenters. The van der Waals surface area contributed by atoms with Crippen molar-refractivity contribution in [2.24, 2.45) is 0 Å². The fraction of sp³-hybridized carbons (Fsp3) is 0.522. The summed E-state index contributed by atoms with van der Waals surface area (Å²) >= 11 is 5.76. The van der Waals surface area contributed by atoms with Crippen LogP contribution in [0.15, 0.2) is 41.0 Å². The van der Waals surface area contributed by atoms with E-state index < -0.39 is 0 Å². The molecule has 0 saturated carbocycles. The van der Waals surface area contributed by atoms with E-state index in [4.69, 9.17) is 16.6 Å². The summed E-state index contributed by atoms with van der Waals surface area (Å²) in [7, 11) is 0. The molecule has 3 rings (SSSR count). The number of nitrogens with one attached hydrogen (secondary N) is 1. The maximum absolute atomic E-state index is 5.76. The molecule has 1 aromatic carbocycles. The lowest BCUT2D eigenvalue weighted by molar-refractivity contribution is 0.262. The van der Waals surface area contributed by atoms with Gasteiger partial charge < -0.3 is 19.5 Å². The predicted molar refractivity (Wildman–Crippen MR) is 121 cm³/mol. The van der Waals surface area contributed by atoms with Gasteiger partial charge in [-0.05, 0) is 100 Å². The molecule has 0 bridgehead atoms. The molecule has 152 valence electrons. The van der Waals surface area contributed by atoms with Crippen LogP contribution in [0.2, 0.25) is 0 Å². The van der Waals surface area contributed by atoms with Gasteiger partial charge in [-0.1, -0.05) is 18.9 Å². The Morgan fingerprint density at radius 3 is 2.57 bits per heavy atom. The summed E-state index contributed by atoms with van der Waals surface area (Å²) in [6, 6.07) is 10.3. The molecule has 1 aliphatic rings. The number of thiocarbonyl (C=S) groups is 1. The van der Waals surface area contributed by atoms with Crippen LogP contribution < -0.4 is 5.32 Å². The van der Waals surface area contributed by atoms with E-state index >= 15 is 0 Å². The highest BCUT2D eigenvalue weighted by atomic mass is 32.1. The Morgan fingerprint density at radius 2 is 1.89 bits per heavy atom. The maximum atomic E-state index is 5.76. The van der Waals surface area contributed by atoms with E-state index in [-0.39, 0.29) is 0 Å². The van der Waals surface area contributed by atoms with Gasteiger partial charge in [0.15, 0.2) is 5.11 Å². The van der Waals surface area contributed by atoms with E-state index in [1.807, 2.05) is 12.1 Å². The van der Waals surface area contributed by atoms with Crippen molar-refractivity contribution in [3.63, 3.8) is 0 Å². The minimum atomic E-state index is 0.698. The monoisotopic (exact) mass is 399 g/mol. The fourth-order valence-electron chi connectivity index (χ4n) is 3.71. The normalized spacial score (nSPS) is 15.2. The fourth-order valence-corrected chi connectivity index (χ4v) is 3.98. The van der Waals surface area contributed by atoms with E-state index in [1.54, 1.807) is 6.26 Å². The van der Waals surface area contributed by atoms with Crippen molar-refractivity contribution < 1.29 is 4.42 Å². The minimum absolute atomic E-state index is 0.698. The van der Waals surface area contributed by atoms with Crippen molar-refractivity contribution in [2.75, 3.05) is 31.5 Å². The van der Waals surface area contributed by atoms with Gasteiger partial charge in [-0.25, -0.2) is 0 Å². The number of rotatable bonds is 7. The Balaban J connectivity index is 1.58. The van der Waals surface area contributed by atoms with Gasteiger partial charge in [0.05, 0.1) is 12.8 Å². The molecule has 1 N–H and O–H groups in total. The summed E-state index contributed by atoms with van der Waals surface area (Å²) in [5.41, 5.74) is 3.61. The average molecular weight is 400 g/mol. The number of likely N-dealkylation sites (tertiary alicyclic amines) is 1. The molecule has 0 radical (unpaired) electrons. The second-order valence-corrected chi connectivity index (χ2v) is 8.23. The number of anilines is 1. The van der Waals surface area contributed by atoms with Crippen LogP contribution >= 0.6 is 12.2 Å². The first-order valence-electron chi connectivity index (χ1n) is 10.5. The maximum Gasteiger partial charge on any atom is 0.173 e. The molecule has 1 aromatic heterocycles. The molecule has 1 saturated heterocycles. The van der Waals surface area contributed by atoms with Gasteiger partial charge in [0.2, 0.25) is 0 Å². The lowest BCUT2D eigenvalue weighted by Crippen LogP contribution is -2.37. The Morgan fingerprint density at radius 1 is 1.11 bits per heavy atom. The number of furan rings is 1. The van der Waals surface area contributed by atoms with Gasteiger partial charge in [0, 0.05) is 12.2 Å².